The molecule has 4 nitrogen and oxygen atoms in total. The largest absolute Gasteiger partial charge is 0.464 e. The van der Waals surface area contributed by atoms with Crippen LogP contribution in [0.4, 0.5) is 0 Å². The summed E-state index contributed by atoms with van der Waals surface area (Å²) in [4.78, 5) is 11.6. The molecule has 0 spiro atoms. The molecule has 2 N–H and O–H groups in total. The minimum atomic E-state index is -0.107. The van der Waals surface area contributed by atoms with Gasteiger partial charge >= 0.3 is 0 Å². The van der Waals surface area contributed by atoms with Gasteiger partial charge in [0, 0.05) is 17.5 Å². The molecule has 0 fully saturated rings. The number of furan rings is 1. The quantitative estimate of drug-likeness (QED) is 0.864. The zero-order chi connectivity index (χ0) is 13.1. The van der Waals surface area contributed by atoms with E-state index >= 15 is 0 Å². The SMILES string of the molecule is Cc1ccc2c(CC(=O)NCCO)coc2c1C. The number of carbonyl (C=O) groups excluding carboxylic acids is 1. The Kier molecular flexibility index (Phi) is 3.67. The monoisotopic (exact) mass is 247 g/mol. The molecule has 2 rings (SSSR count). The molecule has 96 valence electrons. The van der Waals surface area contributed by atoms with Crippen LogP contribution in [-0.4, -0.2) is 24.2 Å². The van der Waals surface area contributed by atoms with Gasteiger partial charge in [0.1, 0.15) is 5.58 Å². The van der Waals surface area contributed by atoms with Crippen LogP contribution in [0.3, 0.4) is 0 Å². The summed E-state index contributed by atoms with van der Waals surface area (Å²) >= 11 is 0. The third-order valence-electron chi connectivity index (χ3n) is 3.13. The highest BCUT2D eigenvalue weighted by molar-refractivity contribution is 5.89. The van der Waals surface area contributed by atoms with E-state index in [4.69, 9.17) is 9.52 Å². The summed E-state index contributed by atoms with van der Waals surface area (Å²) in [5, 5.41) is 12.3. The summed E-state index contributed by atoms with van der Waals surface area (Å²) in [5.41, 5.74) is 4.01. The normalized spacial score (nSPS) is 10.8. The Hall–Kier alpha value is -1.81. The molecule has 1 aromatic heterocycles. The summed E-state index contributed by atoms with van der Waals surface area (Å²) in [6.07, 6.45) is 1.91. The average molecular weight is 247 g/mol. The van der Waals surface area contributed by atoms with E-state index in [0.717, 1.165) is 22.1 Å². The van der Waals surface area contributed by atoms with Gasteiger partial charge in [0.25, 0.3) is 0 Å². The minimum absolute atomic E-state index is 0.0455. The van der Waals surface area contributed by atoms with Gasteiger partial charge in [-0.25, -0.2) is 0 Å². The van der Waals surface area contributed by atoms with Crippen LogP contribution in [0.15, 0.2) is 22.8 Å². The van der Waals surface area contributed by atoms with Gasteiger partial charge in [-0.2, -0.15) is 0 Å². The second-order valence-corrected chi connectivity index (χ2v) is 4.40. The van der Waals surface area contributed by atoms with Gasteiger partial charge in [-0.3, -0.25) is 4.79 Å². The summed E-state index contributed by atoms with van der Waals surface area (Å²) in [7, 11) is 0. The molecule has 0 aliphatic heterocycles. The Labute approximate surface area is 106 Å². The van der Waals surface area contributed by atoms with E-state index < -0.39 is 0 Å². The molecule has 0 aliphatic rings. The average Bonchev–Trinajstić information content (AvgIpc) is 2.75. The lowest BCUT2D eigenvalue weighted by Crippen LogP contribution is -2.27. The van der Waals surface area contributed by atoms with Crippen LogP contribution < -0.4 is 5.32 Å². The van der Waals surface area contributed by atoms with Gasteiger partial charge in [-0.1, -0.05) is 12.1 Å². The molecule has 1 heterocycles. The van der Waals surface area contributed by atoms with Gasteiger partial charge in [-0.05, 0) is 25.0 Å². The van der Waals surface area contributed by atoms with Crippen molar-refractivity contribution < 1.29 is 14.3 Å². The molecule has 0 saturated carbocycles. The van der Waals surface area contributed by atoms with Crippen LogP contribution in [0.5, 0.6) is 0 Å². The molecule has 1 amide bonds. The summed E-state index contributed by atoms with van der Waals surface area (Å²) < 4.78 is 5.54. The van der Waals surface area contributed by atoms with Gasteiger partial charge in [0.2, 0.25) is 5.91 Å². The fourth-order valence-corrected chi connectivity index (χ4v) is 1.96. The van der Waals surface area contributed by atoms with E-state index in [1.165, 1.54) is 5.56 Å². The Morgan fingerprint density at radius 3 is 2.89 bits per heavy atom. The number of fused-ring (bicyclic) bond motifs is 1. The van der Waals surface area contributed by atoms with Crippen molar-refractivity contribution >= 4 is 16.9 Å². The van der Waals surface area contributed by atoms with E-state index in [2.05, 4.69) is 5.32 Å². The second-order valence-electron chi connectivity index (χ2n) is 4.40. The highest BCUT2D eigenvalue weighted by atomic mass is 16.3. The van der Waals surface area contributed by atoms with E-state index in [1.807, 2.05) is 26.0 Å². The number of nitrogens with one attached hydrogen (secondary N) is 1. The molecule has 0 radical (unpaired) electrons. The topological polar surface area (TPSA) is 62.5 Å². The van der Waals surface area contributed by atoms with E-state index in [0.29, 0.717) is 0 Å². The minimum Gasteiger partial charge on any atom is -0.464 e. The highest BCUT2D eigenvalue weighted by Gasteiger charge is 2.12. The first-order chi connectivity index (χ1) is 8.63. The van der Waals surface area contributed by atoms with Crippen molar-refractivity contribution in [2.75, 3.05) is 13.2 Å². The fraction of sp³-hybridized carbons (Fsp3) is 0.357. The van der Waals surface area contributed by atoms with Gasteiger partial charge < -0.3 is 14.8 Å². The number of aliphatic hydroxyl groups excluding tert-OH is 1. The number of amides is 1. The highest BCUT2D eigenvalue weighted by Crippen LogP contribution is 2.26. The number of carbonyl (C=O) groups is 1. The van der Waals surface area contributed by atoms with E-state index in [1.54, 1.807) is 6.26 Å². The molecular formula is C14H17NO3. The number of hydrogen-bond donors (Lipinski definition) is 2. The molecule has 0 bridgehead atoms. The zero-order valence-corrected chi connectivity index (χ0v) is 10.6. The first kappa shape index (κ1) is 12.6. The van der Waals surface area contributed by atoms with Gasteiger partial charge in [0.15, 0.2) is 0 Å². The lowest BCUT2D eigenvalue weighted by Gasteiger charge is -2.03. The lowest BCUT2D eigenvalue weighted by atomic mass is 10.0. The van der Waals surface area contributed by atoms with Crippen LogP contribution in [-0.2, 0) is 11.2 Å². The Morgan fingerprint density at radius 2 is 2.17 bits per heavy atom. The number of hydrogen-bond acceptors (Lipinski definition) is 3. The molecule has 0 saturated heterocycles. The van der Waals surface area contributed by atoms with Crippen molar-refractivity contribution in [1.82, 2.24) is 5.32 Å². The third kappa shape index (κ3) is 2.38. The molecule has 0 atom stereocenters. The maximum absolute atomic E-state index is 11.6. The van der Waals surface area contributed by atoms with Crippen LogP contribution in [0.2, 0.25) is 0 Å². The summed E-state index contributed by atoms with van der Waals surface area (Å²) in [6, 6.07) is 4.01. The predicted octanol–water partition coefficient (Wildman–Crippen LogP) is 1.70. The molecular weight excluding hydrogens is 230 g/mol. The van der Waals surface area contributed by atoms with Crippen LogP contribution in [0.25, 0.3) is 11.0 Å². The van der Waals surface area contributed by atoms with Crippen molar-refractivity contribution in [3.05, 3.63) is 35.1 Å². The molecule has 0 aliphatic carbocycles. The van der Waals surface area contributed by atoms with Gasteiger partial charge in [-0.15, -0.1) is 0 Å². The van der Waals surface area contributed by atoms with Crippen LogP contribution in [0, 0.1) is 13.8 Å². The molecule has 0 unspecified atom stereocenters. The maximum atomic E-state index is 11.6. The number of aliphatic hydroxyl groups is 1. The van der Waals surface area contributed by atoms with Crippen LogP contribution >= 0.6 is 0 Å². The van der Waals surface area contributed by atoms with Gasteiger partial charge in [0.05, 0.1) is 19.3 Å². The third-order valence-corrected chi connectivity index (χ3v) is 3.13. The first-order valence-electron chi connectivity index (χ1n) is 5.97. The molecule has 18 heavy (non-hydrogen) atoms. The zero-order valence-electron chi connectivity index (χ0n) is 10.6. The van der Waals surface area contributed by atoms with Crippen LogP contribution in [0.1, 0.15) is 16.7 Å². The van der Waals surface area contributed by atoms with Crippen molar-refractivity contribution in [3.8, 4) is 0 Å². The maximum Gasteiger partial charge on any atom is 0.224 e. The molecule has 1 aromatic carbocycles. The summed E-state index contributed by atoms with van der Waals surface area (Å²) in [5.74, 6) is -0.107. The second kappa shape index (κ2) is 5.23. The van der Waals surface area contributed by atoms with Crippen molar-refractivity contribution in [2.24, 2.45) is 0 Å². The Bertz CT molecular complexity index is 572. The molecule has 2 aromatic rings. The van der Waals surface area contributed by atoms with Crippen molar-refractivity contribution in [3.63, 3.8) is 0 Å². The fourth-order valence-electron chi connectivity index (χ4n) is 1.96. The standard InChI is InChI=1S/C14H17NO3/c1-9-3-4-12-11(7-13(17)15-5-6-16)8-18-14(12)10(9)2/h3-4,8,16H,5-7H2,1-2H3,(H,15,17). The Balaban J connectivity index is 2.25. The molecule has 4 heteroatoms. The number of rotatable bonds is 4. The van der Waals surface area contributed by atoms with Crippen molar-refractivity contribution in [1.29, 1.82) is 0 Å². The first-order valence-corrected chi connectivity index (χ1v) is 5.97. The predicted molar refractivity (Wildman–Crippen MR) is 69.5 cm³/mol. The Morgan fingerprint density at radius 1 is 1.39 bits per heavy atom. The lowest BCUT2D eigenvalue weighted by molar-refractivity contribution is -0.120. The van der Waals surface area contributed by atoms with E-state index in [-0.39, 0.29) is 25.5 Å². The summed E-state index contributed by atoms with van der Waals surface area (Å²) in [6.45, 7) is 4.28. The smallest absolute Gasteiger partial charge is 0.224 e. The van der Waals surface area contributed by atoms with E-state index in [9.17, 15) is 4.79 Å². The number of aryl methyl sites for hydroxylation is 2. The van der Waals surface area contributed by atoms with Crippen molar-refractivity contribution in [2.45, 2.75) is 20.3 Å². The number of benzene rings is 1.